The zero-order valence-electron chi connectivity index (χ0n) is 10.9. The minimum absolute atomic E-state index is 0.0657. The number of ether oxygens (including phenoxy) is 1. The molecular weight excluding hydrogens is 303 g/mol. The summed E-state index contributed by atoms with van der Waals surface area (Å²) in [7, 11) is -2.62. The van der Waals surface area contributed by atoms with Gasteiger partial charge in [-0.15, -0.1) is 0 Å². The van der Waals surface area contributed by atoms with Crippen molar-refractivity contribution in [2.45, 2.75) is 10.8 Å². The van der Waals surface area contributed by atoms with Gasteiger partial charge < -0.3 is 14.3 Å². The predicted octanol–water partition coefficient (Wildman–Crippen LogP) is 2.10. The van der Waals surface area contributed by atoms with Crippen LogP contribution in [0.1, 0.15) is 16.1 Å². The number of benzene rings is 1. The highest BCUT2D eigenvalue weighted by atomic mass is 32.2. The zero-order chi connectivity index (χ0) is 15.6. The highest BCUT2D eigenvalue weighted by Crippen LogP contribution is 2.23. The van der Waals surface area contributed by atoms with E-state index in [9.17, 15) is 17.6 Å². The second-order valence-electron chi connectivity index (χ2n) is 4.14. The lowest BCUT2D eigenvalue weighted by atomic mass is 10.2. The zero-order valence-corrected chi connectivity index (χ0v) is 11.7. The third-order valence-corrected chi connectivity index (χ3v) is 4.23. The second-order valence-corrected chi connectivity index (χ2v) is 6.06. The number of rotatable bonds is 5. The Morgan fingerprint density at radius 1 is 1.33 bits per heavy atom. The molecule has 0 spiro atoms. The molecule has 1 N–H and O–H groups in total. The van der Waals surface area contributed by atoms with Crippen LogP contribution in [0.4, 0.5) is 4.39 Å². The van der Waals surface area contributed by atoms with Gasteiger partial charge in [0, 0.05) is 11.6 Å². The van der Waals surface area contributed by atoms with E-state index in [1.165, 1.54) is 19.2 Å². The third-order valence-electron chi connectivity index (χ3n) is 2.70. The number of carboxylic acid groups (broad SMARTS) is 1. The SMILES string of the molecule is COc1ccc(CS(=O)(=O)c2ccc(C(=O)O)o2)c(F)c1. The Bertz CT molecular complexity index is 778. The first-order chi connectivity index (χ1) is 9.83. The van der Waals surface area contributed by atoms with Crippen LogP contribution >= 0.6 is 0 Å². The summed E-state index contributed by atoms with van der Waals surface area (Å²) >= 11 is 0. The molecule has 0 saturated heterocycles. The fraction of sp³-hybridized carbons (Fsp3) is 0.154. The molecule has 1 heterocycles. The van der Waals surface area contributed by atoms with E-state index in [0.29, 0.717) is 0 Å². The number of carbonyl (C=O) groups is 1. The highest BCUT2D eigenvalue weighted by Gasteiger charge is 2.23. The Balaban J connectivity index is 2.30. The van der Waals surface area contributed by atoms with Crippen LogP contribution in [0, 0.1) is 5.82 Å². The van der Waals surface area contributed by atoms with E-state index in [2.05, 4.69) is 0 Å². The molecule has 0 atom stereocenters. The molecule has 0 aliphatic rings. The van der Waals surface area contributed by atoms with E-state index in [1.54, 1.807) is 0 Å². The third kappa shape index (κ3) is 3.22. The summed E-state index contributed by atoms with van der Waals surface area (Å²) in [5.41, 5.74) is -0.0657. The largest absolute Gasteiger partial charge is 0.497 e. The minimum Gasteiger partial charge on any atom is -0.497 e. The number of furan rings is 1. The molecule has 0 aliphatic carbocycles. The van der Waals surface area contributed by atoms with Crippen molar-refractivity contribution in [1.82, 2.24) is 0 Å². The number of sulfone groups is 1. The summed E-state index contributed by atoms with van der Waals surface area (Å²) in [5, 5.41) is 8.17. The molecule has 0 fully saturated rings. The number of hydrogen-bond donors (Lipinski definition) is 1. The van der Waals surface area contributed by atoms with Crippen LogP contribution < -0.4 is 4.74 Å². The number of carboxylic acids is 1. The van der Waals surface area contributed by atoms with Crippen LogP contribution in [0.15, 0.2) is 39.8 Å². The Labute approximate surface area is 119 Å². The maximum atomic E-state index is 13.7. The van der Waals surface area contributed by atoms with Crippen LogP contribution in [-0.2, 0) is 15.6 Å². The van der Waals surface area contributed by atoms with E-state index >= 15 is 0 Å². The molecule has 0 aliphatic heterocycles. The van der Waals surface area contributed by atoms with Crippen LogP contribution in [0.3, 0.4) is 0 Å². The summed E-state index contributed by atoms with van der Waals surface area (Å²) in [6.45, 7) is 0. The predicted molar refractivity (Wildman–Crippen MR) is 69.5 cm³/mol. The maximum Gasteiger partial charge on any atom is 0.371 e. The molecule has 0 amide bonds. The first kappa shape index (κ1) is 15.0. The fourth-order valence-electron chi connectivity index (χ4n) is 1.65. The highest BCUT2D eigenvalue weighted by molar-refractivity contribution is 7.90. The average Bonchev–Trinajstić information content (AvgIpc) is 2.91. The summed E-state index contributed by atoms with van der Waals surface area (Å²) in [6.07, 6.45) is 0. The molecule has 0 unspecified atom stereocenters. The summed E-state index contributed by atoms with van der Waals surface area (Å²) < 4.78 is 47.4. The average molecular weight is 314 g/mol. The lowest BCUT2D eigenvalue weighted by Crippen LogP contribution is -2.06. The Morgan fingerprint density at radius 2 is 2.05 bits per heavy atom. The van der Waals surface area contributed by atoms with E-state index in [4.69, 9.17) is 14.3 Å². The first-order valence-corrected chi connectivity index (χ1v) is 7.37. The lowest BCUT2D eigenvalue weighted by Gasteiger charge is -2.05. The first-order valence-electron chi connectivity index (χ1n) is 5.72. The molecular formula is C13H11FO6S. The molecule has 0 saturated carbocycles. The molecule has 6 nitrogen and oxygen atoms in total. The van der Waals surface area contributed by atoms with E-state index < -0.39 is 38.2 Å². The van der Waals surface area contributed by atoms with E-state index in [-0.39, 0.29) is 11.3 Å². The van der Waals surface area contributed by atoms with Crippen LogP contribution in [0.25, 0.3) is 0 Å². The van der Waals surface area contributed by atoms with Gasteiger partial charge >= 0.3 is 5.97 Å². The van der Waals surface area contributed by atoms with Crippen molar-refractivity contribution in [3.8, 4) is 5.75 Å². The molecule has 1 aromatic carbocycles. The normalized spacial score (nSPS) is 11.3. The molecule has 8 heteroatoms. The molecule has 0 bridgehead atoms. The fourth-order valence-corrected chi connectivity index (χ4v) is 2.93. The van der Waals surface area contributed by atoms with Crippen molar-refractivity contribution in [3.05, 3.63) is 47.5 Å². The molecule has 2 aromatic rings. The van der Waals surface area contributed by atoms with Crippen molar-refractivity contribution in [2.24, 2.45) is 0 Å². The summed E-state index contributed by atoms with van der Waals surface area (Å²) in [5.74, 6) is -2.99. The summed E-state index contributed by atoms with van der Waals surface area (Å²) in [4.78, 5) is 10.7. The van der Waals surface area contributed by atoms with Crippen LogP contribution in [0.2, 0.25) is 0 Å². The van der Waals surface area contributed by atoms with Gasteiger partial charge in [0.2, 0.25) is 20.7 Å². The van der Waals surface area contributed by atoms with Crippen molar-refractivity contribution >= 4 is 15.8 Å². The number of methoxy groups -OCH3 is 1. The van der Waals surface area contributed by atoms with E-state index in [1.807, 2.05) is 0 Å². The molecule has 0 radical (unpaired) electrons. The van der Waals surface area contributed by atoms with E-state index in [0.717, 1.165) is 18.2 Å². The van der Waals surface area contributed by atoms with Gasteiger partial charge in [-0.2, -0.15) is 0 Å². The van der Waals surface area contributed by atoms with Gasteiger partial charge in [-0.3, -0.25) is 0 Å². The lowest BCUT2D eigenvalue weighted by molar-refractivity contribution is 0.0656. The van der Waals surface area contributed by atoms with Crippen molar-refractivity contribution < 1.29 is 31.9 Å². The van der Waals surface area contributed by atoms with Gasteiger partial charge in [0.25, 0.3) is 0 Å². The Kier molecular flexibility index (Phi) is 3.99. The van der Waals surface area contributed by atoms with Crippen molar-refractivity contribution in [1.29, 1.82) is 0 Å². The van der Waals surface area contributed by atoms with Gasteiger partial charge in [-0.25, -0.2) is 17.6 Å². The number of hydrogen-bond acceptors (Lipinski definition) is 5. The second kappa shape index (κ2) is 5.57. The van der Waals surface area contributed by atoms with Gasteiger partial charge in [0.15, 0.2) is 0 Å². The van der Waals surface area contributed by atoms with Crippen molar-refractivity contribution in [3.63, 3.8) is 0 Å². The Morgan fingerprint density at radius 3 is 2.57 bits per heavy atom. The number of halogens is 1. The van der Waals surface area contributed by atoms with Gasteiger partial charge in [0.05, 0.1) is 12.9 Å². The molecule has 21 heavy (non-hydrogen) atoms. The van der Waals surface area contributed by atoms with Crippen LogP contribution in [-0.4, -0.2) is 26.6 Å². The Hall–Kier alpha value is -2.35. The number of aromatic carboxylic acids is 1. The molecule has 2 rings (SSSR count). The maximum absolute atomic E-state index is 13.7. The van der Waals surface area contributed by atoms with Gasteiger partial charge in [-0.1, -0.05) is 6.07 Å². The van der Waals surface area contributed by atoms with Gasteiger partial charge in [0.1, 0.15) is 11.6 Å². The standard InChI is InChI=1S/C13H11FO6S/c1-19-9-3-2-8(10(14)6-9)7-21(17,18)12-5-4-11(20-12)13(15)16/h2-6H,7H2,1H3,(H,15,16). The van der Waals surface area contributed by atoms with Crippen molar-refractivity contribution in [2.75, 3.05) is 7.11 Å². The topological polar surface area (TPSA) is 93.8 Å². The smallest absolute Gasteiger partial charge is 0.371 e. The molecule has 1 aromatic heterocycles. The monoisotopic (exact) mass is 314 g/mol. The minimum atomic E-state index is -3.98. The summed E-state index contributed by atoms with van der Waals surface area (Å²) in [6, 6.07) is 5.83. The molecule has 112 valence electrons. The van der Waals surface area contributed by atoms with Gasteiger partial charge in [-0.05, 0) is 18.2 Å². The quantitative estimate of drug-likeness (QED) is 0.908. The van der Waals surface area contributed by atoms with Crippen LogP contribution in [0.5, 0.6) is 5.75 Å².